The van der Waals surface area contributed by atoms with Crippen LogP contribution in [0.1, 0.15) is 11.5 Å². The molecule has 8 nitrogen and oxygen atoms in total. The Hall–Kier alpha value is -3.29. The molecule has 0 aliphatic heterocycles. The number of pyridine rings is 1. The average Bonchev–Trinajstić information content (AvgIpc) is 3.02. The van der Waals surface area contributed by atoms with Gasteiger partial charge in [0.25, 0.3) is 5.89 Å². The van der Waals surface area contributed by atoms with E-state index in [1.54, 1.807) is 6.07 Å². The molecule has 0 radical (unpaired) electrons. The zero-order valence-corrected chi connectivity index (χ0v) is 12.2. The summed E-state index contributed by atoms with van der Waals surface area (Å²) in [5.41, 5.74) is 1.88. The Bertz CT molecular complexity index is 847. The third kappa shape index (κ3) is 3.31. The van der Waals surface area contributed by atoms with Gasteiger partial charge in [0, 0.05) is 5.56 Å². The summed E-state index contributed by atoms with van der Waals surface area (Å²) in [5.74, 6) is 0.284. The van der Waals surface area contributed by atoms with Gasteiger partial charge in [0.05, 0.1) is 0 Å². The quantitative estimate of drug-likeness (QED) is 0.527. The molecule has 23 heavy (non-hydrogen) atoms. The van der Waals surface area contributed by atoms with Crippen molar-refractivity contribution in [3.05, 3.63) is 64.2 Å². The molecule has 0 spiro atoms. The number of nitrogens with zero attached hydrogens (tertiary/aromatic N) is 4. The van der Waals surface area contributed by atoms with Gasteiger partial charge in [-0.15, -0.1) is 10.2 Å². The van der Waals surface area contributed by atoms with Crippen molar-refractivity contribution in [3.8, 4) is 17.2 Å². The number of hydrogen-bond donors (Lipinski definition) is 0. The smallest absolute Gasteiger partial charge is 0.406 e. The molecule has 0 saturated heterocycles. The maximum Gasteiger partial charge on any atom is 0.406 e. The lowest BCUT2D eigenvalue weighted by Gasteiger charge is -2.02. The summed E-state index contributed by atoms with van der Waals surface area (Å²) in [6.45, 7) is 1.89. The van der Waals surface area contributed by atoms with Crippen molar-refractivity contribution >= 4 is 5.82 Å². The lowest BCUT2D eigenvalue weighted by atomic mass is 10.1. The second-order valence-electron chi connectivity index (χ2n) is 4.74. The average molecular weight is 312 g/mol. The van der Waals surface area contributed by atoms with Gasteiger partial charge in [-0.2, -0.15) is 0 Å². The lowest BCUT2D eigenvalue weighted by molar-refractivity contribution is -0.390. The van der Waals surface area contributed by atoms with Crippen molar-refractivity contribution in [1.82, 2.24) is 15.2 Å². The normalized spacial score (nSPS) is 10.5. The molecule has 8 heteroatoms. The van der Waals surface area contributed by atoms with Crippen LogP contribution >= 0.6 is 0 Å². The number of ether oxygens (including phenoxy) is 1. The highest BCUT2D eigenvalue weighted by Crippen LogP contribution is 2.24. The fourth-order valence-corrected chi connectivity index (χ4v) is 1.98. The lowest BCUT2D eigenvalue weighted by Crippen LogP contribution is -2.00. The number of nitro groups is 1. The first kappa shape index (κ1) is 14.6. The molecule has 0 saturated carbocycles. The summed E-state index contributed by atoms with van der Waals surface area (Å²) < 4.78 is 10.9. The standard InChI is InChI=1S/C15H12N4O4/c1-10-4-2-5-11(8-10)15-18-17-13(23-15)9-22-12-6-3-7-16-14(12)19(20)21/h2-8H,9H2,1H3. The summed E-state index contributed by atoms with van der Waals surface area (Å²) in [6.07, 6.45) is 1.33. The highest BCUT2D eigenvalue weighted by atomic mass is 16.6. The molecule has 0 bridgehead atoms. The summed E-state index contributed by atoms with van der Waals surface area (Å²) >= 11 is 0. The van der Waals surface area contributed by atoms with Crippen molar-refractivity contribution in [2.24, 2.45) is 0 Å². The van der Waals surface area contributed by atoms with E-state index in [9.17, 15) is 10.1 Å². The fraction of sp³-hybridized carbons (Fsp3) is 0.133. The second-order valence-corrected chi connectivity index (χ2v) is 4.74. The Morgan fingerprint density at radius 3 is 2.91 bits per heavy atom. The first-order valence-corrected chi connectivity index (χ1v) is 6.75. The molecule has 0 N–H and O–H groups in total. The van der Waals surface area contributed by atoms with Crippen LogP contribution in [-0.4, -0.2) is 20.1 Å². The molecular weight excluding hydrogens is 300 g/mol. The van der Waals surface area contributed by atoms with E-state index in [0.29, 0.717) is 5.89 Å². The van der Waals surface area contributed by atoms with Crippen molar-refractivity contribution in [1.29, 1.82) is 0 Å². The number of aryl methyl sites for hydroxylation is 1. The van der Waals surface area contributed by atoms with Crippen LogP contribution < -0.4 is 4.74 Å². The predicted molar refractivity (Wildman–Crippen MR) is 79.7 cm³/mol. The van der Waals surface area contributed by atoms with E-state index in [-0.39, 0.29) is 24.1 Å². The maximum atomic E-state index is 10.9. The molecule has 0 aliphatic rings. The minimum absolute atomic E-state index is 0.0489. The van der Waals surface area contributed by atoms with Gasteiger partial charge >= 0.3 is 5.82 Å². The van der Waals surface area contributed by atoms with Crippen LogP contribution in [0, 0.1) is 17.0 Å². The monoisotopic (exact) mass is 312 g/mol. The van der Waals surface area contributed by atoms with E-state index in [1.165, 1.54) is 12.3 Å². The molecule has 3 aromatic rings. The van der Waals surface area contributed by atoms with Gasteiger partial charge in [-0.05, 0) is 41.1 Å². The summed E-state index contributed by atoms with van der Waals surface area (Å²) in [6, 6.07) is 10.6. The predicted octanol–water partition coefficient (Wildman–Crippen LogP) is 2.93. The molecule has 1 aromatic carbocycles. The number of hydrogen-bond acceptors (Lipinski definition) is 7. The largest absolute Gasteiger partial charge is 0.476 e. The minimum atomic E-state index is -0.610. The van der Waals surface area contributed by atoms with Gasteiger partial charge in [0.15, 0.2) is 6.61 Å². The second kappa shape index (κ2) is 6.22. The SMILES string of the molecule is Cc1cccc(-c2nnc(COc3cccnc3[N+](=O)[O-])o2)c1. The van der Waals surface area contributed by atoms with Crippen molar-refractivity contribution in [2.75, 3.05) is 0 Å². The van der Waals surface area contributed by atoms with Crippen LogP contribution in [0.15, 0.2) is 47.0 Å². The maximum absolute atomic E-state index is 10.9. The molecule has 2 heterocycles. The van der Waals surface area contributed by atoms with E-state index in [4.69, 9.17) is 9.15 Å². The Balaban J connectivity index is 1.74. The topological polar surface area (TPSA) is 104 Å². The van der Waals surface area contributed by atoms with Gasteiger partial charge < -0.3 is 19.3 Å². The Labute approximate surface area is 130 Å². The highest BCUT2D eigenvalue weighted by Gasteiger charge is 2.17. The van der Waals surface area contributed by atoms with E-state index < -0.39 is 4.92 Å². The fourth-order valence-electron chi connectivity index (χ4n) is 1.98. The van der Waals surface area contributed by atoms with Crippen LogP contribution in [0.5, 0.6) is 5.75 Å². The van der Waals surface area contributed by atoms with E-state index in [1.807, 2.05) is 31.2 Å². The number of benzene rings is 1. The van der Waals surface area contributed by atoms with Gasteiger partial charge in [0.2, 0.25) is 11.6 Å². The first-order valence-electron chi connectivity index (χ1n) is 6.75. The molecule has 2 aromatic heterocycles. The van der Waals surface area contributed by atoms with E-state index >= 15 is 0 Å². The first-order chi connectivity index (χ1) is 11.1. The molecule has 0 aliphatic carbocycles. The Kier molecular flexibility index (Phi) is 3.96. The third-order valence-electron chi connectivity index (χ3n) is 3.01. The van der Waals surface area contributed by atoms with Gasteiger partial charge in [0.1, 0.15) is 6.20 Å². The third-order valence-corrected chi connectivity index (χ3v) is 3.01. The van der Waals surface area contributed by atoms with Gasteiger partial charge in [-0.25, -0.2) is 0 Å². The van der Waals surface area contributed by atoms with Gasteiger partial charge in [-0.3, -0.25) is 0 Å². The van der Waals surface area contributed by atoms with Crippen LogP contribution in [0.3, 0.4) is 0 Å². The van der Waals surface area contributed by atoms with Crippen molar-refractivity contribution in [3.63, 3.8) is 0 Å². The van der Waals surface area contributed by atoms with Crippen LogP contribution in [0.2, 0.25) is 0 Å². The molecule has 0 unspecified atom stereocenters. The van der Waals surface area contributed by atoms with Crippen LogP contribution in [0.4, 0.5) is 5.82 Å². The molecular formula is C15H12N4O4. The molecule has 0 atom stereocenters. The minimum Gasteiger partial charge on any atom is -0.476 e. The number of rotatable bonds is 5. The summed E-state index contributed by atoms with van der Waals surface area (Å²) in [4.78, 5) is 13.9. The molecule has 116 valence electrons. The van der Waals surface area contributed by atoms with E-state index in [0.717, 1.165) is 11.1 Å². The van der Waals surface area contributed by atoms with Crippen LogP contribution in [0.25, 0.3) is 11.5 Å². The molecule has 0 amide bonds. The molecule has 3 rings (SSSR count). The number of aromatic nitrogens is 3. The molecule has 0 fully saturated rings. The van der Waals surface area contributed by atoms with E-state index in [2.05, 4.69) is 15.2 Å². The highest BCUT2D eigenvalue weighted by molar-refractivity contribution is 5.53. The zero-order valence-electron chi connectivity index (χ0n) is 12.2. The summed E-state index contributed by atoms with van der Waals surface area (Å²) in [7, 11) is 0. The Morgan fingerprint density at radius 1 is 1.26 bits per heavy atom. The van der Waals surface area contributed by atoms with Crippen molar-refractivity contribution < 1.29 is 14.1 Å². The summed E-state index contributed by atoms with van der Waals surface area (Å²) in [5, 5.41) is 18.7. The zero-order chi connectivity index (χ0) is 16.2. The van der Waals surface area contributed by atoms with Crippen molar-refractivity contribution in [2.45, 2.75) is 13.5 Å². The van der Waals surface area contributed by atoms with Crippen LogP contribution in [-0.2, 0) is 6.61 Å². The van der Waals surface area contributed by atoms with Gasteiger partial charge in [-0.1, -0.05) is 17.7 Å². The Morgan fingerprint density at radius 2 is 2.13 bits per heavy atom.